The summed E-state index contributed by atoms with van der Waals surface area (Å²) in [5.41, 5.74) is -10.1. The molecular formula is C46H36O31. The second kappa shape index (κ2) is 15.5. The van der Waals surface area contributed by atoms with Gasteiger partial charge in [0.05, 0.1) is 29.2 Å². The van der Waals surface area contributed by atoms with Crippen LogP contribution in [0.3, 0.4) is 0 Å². The minimum atomic E-state index is -3.69. The van der Waals surface area contributed by atoms with Crippen molar-refractivity contribution >= 4 is 29.8 Å². The second-order valence-corrected chi connectivity index (χ2v) is 19.1. The zero-order valence-corrected chi connectivity index (χ0v) is 38.0. The van der Waals surface area contributed by atoms with Gasteiger partial charge in [-0.15, -0.1) is 0 Å². The van der Waals surface area contributed by atoms with Crippen molar-refractivity contribution < 1.29 is 153 Å². The van der Waals surface area contributed by atoms with Crippen LogP contribution in [0.25, 0.3) is 11.1 Å². The molecule has 14 rings (SSSR count). The van der Waals surface area contributed by atoms with Gasteiger partial charge < -0.3 is 129 Å². The van der Waals surface area contributed by atoms with E-state index in [0.29, 0.717) is 30.3 Å². The quantitative estimate of drug-likeness (QED) is 0.0554. The van der Waals surface area contributed by atoms with Gasteiger partial charge in [0.1, 0.15) is 42.0 Å². The van der Waals surface area contributed by atoms with Crippen LogP contribution in [0.15, 0.2) is 30.3 Å². The van der Waals surface area contributed by atoms with E-state index in [4.69, 9.17) is 47.4 Å². The number of aliphatic hydroxyl groups is 5. The molecule has 0 radical (unpaired) electrons. The van der Waals surface area contributed by atoms with Gasteiger partial charge in [-0.2, -0.15) is 0 Å². The molecule has 7 fully saturated rings. The van der Waals surface area contributed by atoms with Crippen LogP contribution in [-0.2, 0) is 47.4 Å². The second-order valence-electron chi connectivity index (χ2n) is 19.1. The minimum Gasteiger partial charge on any atom is -0.504 e. The van der Waals surface area contributed by atoms with Crippen LogP contribution in [0.1, 0.15) is 59.3 Å². The Balaban J connectivity index is 1.11. The number of aromatic hydroxyl groups is 11. The van der Waals surface area contributed by atoms with Gasteiger partial charge in [-0.1, -0.05) is 0 Å². The predicted molar refractivity (Wildman–Crippen MR) is 228 cm³/mol. The zero-order chi connectivity index (χ0) is 55.3. The van der Waals surface area contributed by atoms with Crippen LogP contribution in [0.4, 0.5) is 0 Å². The van der Waals surface area contributed by atoms with E-state index in [1.54, 1.807) is 0 Å². The number of esters is 5. The molecule has 0 amide bonds. The SMILES string of the molecule is O=C(O[C@@H]1O[C@@H]2COC(=O)c3cc(O)c(O)c(O)c3-c3cc(c(O)c(O)c3O)C(=O)O[C@@H]3[C@H]1OC(=O)c1cc(O)c(O)c4c1[C@@H]1[C@]5(C[C@@]6(O)O[C@@]7(OC[C@H](O)[C@H]7O)[C@@H]5O[C@]6(O)[C@]1(O)O4)C(=O)O[C@@H]32)c1cc(O)c(O)c(O)c1. The number of cyclic esters (lactones) is 1. The Bertz CT molecular complexity index is 3370. The number of hydrogen-bond donors (Lipinski definition) is 16. The van der Waals surface area contributed by atoms with E-state index in [2.05, 4.69) is 0 Å². The van der Waals surface area contributed by atoms with Crippen molar-refractivity contribution in [3.8, 4) is 80.1 Å². The van der Waals surface area contributed by atoms with Crippen molar-refractivity contribution in [2.75, 3.05) is 13.2 Å². The molecule has 10 bridgehead atoms. The minimum absolute atomic E-state index is 0.450. The summed E-state index contributed by atoms with van der Waals surface area (Å²) in [5.74, 6) is -40.9. The van der Waals surface area contributed by atoms with E-state index in [9.17, 15) is 96.1 Å². The summed E-state index contributed by atoms with van der Waals surface area (Å²) in [7, 11) is 0. The van der Waals surface area contributed by atoms with Gasteiger partial charge in [0.15, 0.2) is 64.0 Å². The summed E-state index contributed by atoms with van der Waals surface area (Å²) in [6.45, 7) is -2.23. The zero-order valence-electron chi connectivity index (χ0n) is 38.0. The molecule has 1 saturated carbocycles. The topological polar surface area (TPSA) is 501 Å². The first-order chi connectivity index (χ1) is 36.1. The highest BCUT2D eigenvalue weighted by atomic mass is 16.9. The predicted octanol–water partition coefficient (Wildman–Crippen LogP) is -2.65. The molecule has 0 aromatic heterocycles. The van der Waals surface area contributed by atoms with Gasteiger partial charge >= 0.3 is 29.8 Å². The Morgan fingerprint density at radius 1 is 0.623 bits per heavy atom. The lowest BCUT2D eigenvalue weighted by Gasteiger charge is -2.72. The van der Waals surface area contributed by atoms with Crippen LogP contribution < -0.4 is 4.74 Å². The van der Waals surface area contributed by atoms with Crippen molar-refractivity contribution in [3.05, 3.63) is 58.1 Å². The molecule has 0 unspecified atom stereocenters. The maximum atomic E-state index is 16.0. The largest absolute Gasteiger partial charge is 0.504 e. The van der Waals surface area contributed by atoms with E-state index in [1.165, 1.54) is 0 Å². The molecular weight excluding hydrogens is 1050 g/mol. The number of fused-ring (bicyclic) bond motifs is 4. The average Bonchev–Trinajstić information content (AvgIpc) is 3.90. The van der Waals surface area contributed by atoms with E-state index in [-0.39, 0.29) is 0 Å². The summed E-state index contributed by atoms with van der Waals surface area (Å²) in [6, 6.07) is 2.47. The molecule has 1 aliphatic carbocycles. The third-order valence-corrected chi connectivity index (χ3v) is 15.0. The molecule has 77 heavy (non-hydrogen) atoms. The first kappa shape index (κ1) is 49.4. The fourth-order valence-corrected chi connectivity index (χ4v) is 11.5. The van der Waals surface area contributed by atoms with Gasteiger partial charge in [-0.05, 0) is 30.3 Å². The molecule has 406 valence electrons. The average molecular weight is 1080 g/mol. The van der Waals surface area contributed by atoms with E-state index < -0.39 is 241 Å². The lowest BCUT2D eigenvalue weighted by Crippen LogP contribution is -2.93. The summed E-state index contributed by atoms with van der Waals surface area (Å²) in [5, 5.41) is 178. The number of benzene rings is 4. The van der Waals surface area contributed by atoms with Gasteiger partial charge in [-0.3, -0.25) is 4.79 Å². The van der Waals surface area contributed by atoms with Crippen molar-refractivity contribution in [1.29, 1.82) is 0 Å². The third-order valence-electron chi connectivity index (χ3n) is 15.0. The van der Waals surface area contributed by atoms with Crippen LogP contribution >= 0.6 is 0 Å². The monoisotopic (exact) mass is 1080 g/mol. The highest BCUT2D eigenvalue weighted by Gasteiger charge is 2.95. The molecule has 2 spiro atoms. The fourth-order valence-electron chi connectivity index (χ4n) is 11.5. The molecule has 9 aliphatic heterocycles. The smallest absolute Gasteiger partial charge is 0.342 e. The number of phenols is 11. The van der Waals surface area contributed by atoms with Crippen molar-refractivity contribution in [2.45, 2.75) is 84.5 Å². The molecule has 16 N–H and O–H groups in total. The van der Waals surface area contributed by atoms with E-state index in [0.717, 1.165) is 0 Å². The van der Waals surface area contributed by atoms with Crippen LogP contribution in [0.2, 0.25) is 0 Å². The lowest BCUT2D eigenvalue weighted by molar-refractivity contribution is -0.611. The molecule has 9 heterocycles. The Hall–Kier alpha value is -8.53. The maximum absolute atomic E-state index is 16.0. The number of ether oxygens (including phenoxy) is 10. The normalized spacial score (nSPS) is 36.1. The lowest BCUT2D eigenvalue weighted by atomic mass is 9.49. The highest BCUT2D eigenvalue weighted by molar-refractivity contribution is 6.05. The molecule has 4 aromatic rings. The molecule has 6 saturated heterocycles. The van der Waals surface area contributed by atoms with E-state index >= 15 is 9.59 Å². The Morgan fingerprint density at radius 3 is 1.91 bits per heavy atom. The first-order valence-corrected chi connectivity index (χ1v) is 22.4. The van der Waals surface area contributed by atoms with Gasteiger partial charge in [0.25, 0.3) is 11.6 Å². The standard InChI is InChI=1S/C46H36O31/c47-14-1-9(2-15(48)24(14)54)35(60)74-39-32-31-29(19(70-39)7-68-36(61)11-4-16(49)25(55)27(57)20(11)10-3-13(38(63)71-31)23(53)28(58)22(10)52)73-41(64)42-8-43(65)46(67,76-40(42)44(77-43)34(59)18(51)6-69-44)45(66)33(42)21-12(37(62)72-32)5-17(50)26(56)30(21)75-45/h1-5,18-19,29,31-34,39-40,47-59,65-67H,6-8H2/t18-,19+,29+,31-,32+,33+,34+,39-,40+,42-,43+,44+,45+,46-/m0/s1. The van der Waals surface area contributed by atoms with Crippen molar-refractivity contribution in [1.82, 2.24) is 0 Å². The summed E-state index contributed by atoms with van der Waals surface area (Å²) < 4.78 is 58.0. The number of rotatable bonds is 2. The van der Waals surface area contributed by atoms with E-state index in [1.807, 2.05) is 0 Å². The van der Waals surface area contributed by atoms with Crippen LogP contribution in [0.5, 0.6) is 69.0 Å². The number of aliphatic hydroxyl groups excluding tert-OH is 2. The van der Waals surface area contributed by atoms with Crippen LogP contribution in [-0.4, -0.2) is 197 Å². The number of phenolic OH excluding ortho intramolecular Hbond substituents is 11. The third kappa shape index (κ3) is 6.06. The number of carbonyl (C=O) groups excluding carboxylic acids is 5. The Morgan fingerprint density at radius 2 is 1.25 bits per heavy atom. The Labute approximate surface area is 423 Å². The van der Waals surface area contributed by atoms with Crippen molar-refractivity contribution in [3.63, 3.8) is 0 Å². The maximum Gasteiger partial charge on any atom is 0.342 e. The number of hydrogen-bond acceptors (Lipinski definition) is 31. The summed E-state index contributed by atoms with van der Waals surface area (Å²) >= 11 is 0. The molecule has 10 aliphatic rings. The molecule has 31 nitrogen and oxygen atoms in total. The summed E-state index contributed by atoms with van der Waals surface area (Å²) in [6.07, 6.45) is -21.0. The van der Waals surface area contributed by atoms with Gasteiger partial charge in [-0.25, -0.2) is 19.2 Å². The summed E-state index contributed by atoms with van der Waals surface area (Å²) in [4.78, 5) is 74.1. The first-order valence-electron chi connectivity index (χ1n) is 22.4. The fraction of sp³-hybridized carbons (Fsp3) is 0.370. The molecule has 14 atom stereocenters. The van der Waals surface area contributed by atoms with Gasteiger partial charge in [0.2, 0.25) is 41.2 Å². The van der Waals surface area contributed by atoms with Gasteiger partial charge in [0, 0.05) is 23.1 Å². The molecule has 4 aromatic carbocycles. The molecule has 31 heteroatoms. The number of carbonyl (C=O) groups is 5. The Kier molecular flexibility index (Phi) is 9.96. The highest BCUT2D eigenvalue weighted by Crippen LogP contribution is 2.77. The van der Waals surface area contributed by atoms with Crippen molar-refractivity contribution in [2.24, 2.45) is 5.41 Å². The van der Waals surface area contributed by atoms with Crippen LogP contribution in [0, 0.1) is 5.41 Å².